The van der Waals surface area contributed by atoms with Gasteiger partial charge in [-0.3, -0.25) is 9.59 Å². The summed E-state index contributed by atoms with van der Waals surface area (Å²) in [5.74, 6) is 1.82. The van der Waals surface area contributed by atoms with Crippen molar-refractivity contribution in [3.8, 4) is 28.7 Å². The predicted molar refractivity (Wildman–Crippen MR) is 140 cm³/mol. The average Bonchev–Trinajstić information content (AvgIpc) is 3.75. The molecule has 37 heavy (non-hydrogen) atoms. The van der Waals surface area contributed by atoms with Crippen LogP contribution in [-0.4, -0.2) is 35.9 Å². The second-order valence-electron chi connectivity index (χ2n) is 8.53. The smallest absolute Gasteiger partial charge is 0.299 e. The Bertz CT molecular complexity index is 1480. The molecule has 1 aromatic heterocycles. The van der Waals surface area contributed by atoms with E-state index in [0.29, 0.717) is 34.2 Å². The normalized spacial score (nSPS) is 12.5. The first kappa shape index (κ1) is 23.9. The molecule has 188 valence electrons. The Kier molecular flexibility index (Phi) is 6.76. The molecule has 3 aromatic carbocycles. The van der Waals surface area contributed by atoms with Gasteiger partial charge in [-0.25, -0.2) is 0 Å². The van der Waals surface area contributed by atoms with Crippen molar-refractivity contribution in [2.24, 2.45) is 0 Å². The van der Waals surface area contributed by atoms with Gasteiger partial charge in [0.05, 0.1) is 26.1 Å². The van der Waals surface area contributed by atoms with Gasteiger partial charge in [-0.1, -0.05) is 12.1 Å². The topological polar surface area (TPSA) is 104 Å². The summed E-state index contributed by atoms with van der Waals surface area (Å²) < 4.78 is 17.8. The molecular weight excluding hydrogens is 472 g/mol. The standard InChI is InChI=1S/C28H26N4O5/c1-35-22-13-11-21(12-14-22)32-28(34)26(25(17-29-32)37-24-8-4-7-23(16-24)36-2)30-20-6-3-5-18(15-20)27(33)31-19-9-10-19/h3-8,11-17,19,30H,9-10H2,1-2H3,(H,31,33). The number of hydrogen-bond donors (Lipinski definition) is 2. The first-order valence-corrected chi connectivity index (χ1v) is 11.8. The minimum atomic E-state index is -0.432. The lowest BCUT2D eigenvalue weighted by molar-refractivity contribution is 0.0951. The number of hydrogen-bond acceptors (Lipinski definition) is 7. The fraction of sp³-hybridized carbons (Fsp3) is 0.179. The highest BCUT2D eigenvalue weighted by atomic mass is 16.5. The molecule has 0 unspecified atom stereocenters. The lowest BCUT2D eigenvalue weighted by Gasteiger charge is -2.15. The second-order valence-corrected chi connectivity index (χ2v) is 8.53. The minimum absolute atomic E-state index is 0.149. The van der Waals surface area contributed by atoms with E-state index in [4.69, 9.17) is 14.2 Å². The third-order valence-corrected chi connectivity index (χ3v) is 5.84. The largest absolute Gasteiger partial charge is 0.497 e. The van der Waals surface area contributed by atoms with E-state index in [1.807, 2.05) is 0 Å². The maximum absolute atomic E-state index is 13.7. The van der Waals surface area contributed by atoms with Gasteiger partial charge < -0.3 is 24.8 Å². The van der Waals surface area contributed by atoms with Crippen LogP contribution in [-0.2, 0) is 0 Å². The number of ether oxygens (including phenoxy) is 3. The monoisotopic (exact) mass is 498 g/mol. The van der Waals surface area contributed by atoms with Crippen molar-refractivity contribution in [1.82, 2.24) is 15.1 Å². The fourth-order valence-electron chi connectivity index (χ4n) is 3.71. The Balaban J connectivity index is 1.53. The van der Waals surface area contributed by atoms with E-state index < -0.39 is 5.56 Å². The quantitative estimate of drug-likeness (QED) is 0.345. The van der Waals surface area contributed by atoms with Gasteiger partial charge in [0.25, 0.3) is 11.5 Å². The van der Waals surface area contributed by atoms with Gasteiger partial charge in [0.15, 0.2) is 11.4 Å². The van der Waals surface area contributed by atoms with E-state index in [9.17, 15) is 9.59 Å². The van der Waals surface area contributed by atoms with Gasteiger partial charge in [0.1, 0.15) is 17.2 Å². The number of nitrogens with zero attached hydrogens (tertiary/aromatic N) is 2. The van der Waals surface area contributed by atoms with Crippen LogP contribution in [0, 0.1) is 0 Å². The number of rotatable bonds is 9. The molecule has 0 aliphatic heterocycles. The molecule has 9 nitrogen and oxygen atoms in total. The Hall–Kier alpha value is -4.79. The Morgan fingerprint density at radius 1 is 0.919 bits per heavy atom. The van der Waals surface area contributed by atoms with Crippen LogP contribution in [0.5, 0.6) is 23.0 Å². The second kappa shape index (κ2) is 10.4. The third kappa shape index (κ3) is 5.56. The molecule has 5 rings (SSSR count). The van der Waals surface area contributed by atoms with Crippen molar-refractivity contribution in [2.45, 2.75) is 18.9 Å². The third-order valence-electron chi connectivity index (χ3n) is 5.84. The van der Waals surface area contributed by atoms with E-state index >= 15 is 0 Å². The van der Waals surface area contributed by atoms with Crippen LogP contribution in [0.3, 0.4) is 0 Å². The van der Waals surface area contributed by atoms with Crippen LogP contribution in [0.15, 0.2) is 83.8 Å². The van der Waals surface area contributed by atoms with E-state index in [1.165, 1.54) is 10.9 Å². The molecule has 0 radical (unpaired) electrons. The molecule has 1 amide bonds. The van der Waals surface area contributed by atoms with Gasteiger partial charge in [-0.2, -0.15) is 9.78 Å². The number of nitrogens with one attached hydrogen (secondary N) is 2. The first-order valence-electron chi connectivity index (χ1n) is 11.8. The van der Waals surface area contributed by atoms with E-state index in [-0.39, 0.29) is 23.4 Å². The maximum atomic E-state index is 13.7. The van der Waals surface area contributed by atoms with E-state index in [1.54, 1.807) is 87.0 Å². The molecule has 2 N–H and O–H groups in total. The number of benzene rings is 3. The number of carbonyl (C=O) groups excluding carboxylic acids is 1. The summed E-state index contributed by atoms with van der Waals surface area (Å²) in [4.78, 5) is 26.2. The van der Waals surface area contributed by atoms with Crippen LogP contribution in [0.4, 0.5) is 11.4 Å². The highest BCUT2D eigenvalue weighted by molar-refractivity contribution is 5.95. The van der Waals surface area contributed by atoms with Crippen molar-refractivity contribution in [3.63, 3.8) is 0 Å². The number of anilines is 2. The Labute approximate surface area is 213 Å². The number of amides is 1. The zero-order valence-electron chi connectivity index (χ0n) is 20.4. The van der Waals surface area contributed by atoms with Gasteiger partial charge >= 0.3 is 0 Å². The zero-order valence-corrected chi connectivity index (χ0v) is 20.4. The van der Waals surface area contributed by atoms with Crippen molar-refractivity contribution in [1.29, 1.82) is 0 Å². The molecule has 1 fully saturated rings. The van der Waals surface area contributed by atoms with Crippen LogP contribution >= 0.6 is 0 Å². The molecule has 4 aromatic rings. The highest BCUT2D eigenvalue weighted by Crippen LogP contribution is 2.31. The molecule has 0 atom stereocenters. The van der Waals surface area contributed by atoms with Crippen LogP contribution in [0.25, 0.3) is 5.69 Å². The summed E-state index contributed by atoms with van der Waals surface area (Å²) in [6, 6.07) is 21.2. The molecule has 0 saturated heterocycles. The van der Waals surface area contributed by atoms with Gasteiger partial charge in [0.2, 0.25) is 0 Å². The summed E-state index contributed by atoms with van der Waals surface area (Å²) in [7, 11) is 3.14. The van der Waals surface area contributed by atoms with Crippen molar-refractivity contribution in [2.75, 3.05) is 19.5 Å². The summed E-state index contributed by atoms with van der Waals surface area (Å²) in [5, 5.41) is 10.5. The molecule has 0 bridgehead atoms. The van der Waals surface area contributed by atoms with Gasteiger partial charge in [0, 0.05) is 23.4 Å². The molecule has 1 saturated carbocycles. The predicted octanol–water partition coefficient (Wildman–Crippen LogP) is 4.68. The lowest BCUT2D eigenvalue weighted by atomic mass is 10.2. The Morgan fingerprint density at radius 2 is 1.65 bits per heavy atom. The Morgan fingerprint density at radius 3 is 2.38 bits per heavy atom. The highest BCUT2D eigenvalue weighted by Gasteiger charge is 2.24. The molecule has 1 aliphatic carbocycles. The van der Waals surface area contributed by atoms with Crippen molar-refractivity contribution < 1.29 is 19.0 Å². The molecule has 0 spiro atoms. The zero-order chi connectivity index (χ0) is 25.8. The van der Waals surface area contributed by atoms with Gasteiger partial charge in [-0.05, 0) is 67.4 Å². The van der Waals surface area contributed by atoms with Crippen LogP contribution < -0.4 is 30.4 Å². The maximum Gasteiger partial charge on any atom is 0.299 e. The molecule has 1 heterocycles. The SMILES string of the molecule is COc1ccc(-n2ncc(Oc3cccc(OC)c3)c(Nc3cccc(C(=O)NC4CC4)c3)c2=O)cc1. The molecule has 9 heteroatoms. The lowest BCUT2D eigenvalue weighted by Crippen LogP contribution is -2.25. The number of carbonyl (C=O) groups is 1. The number of methoxy groups -OCH3 is 2. The van der Waals surface area contributed by atoms with Gasteiger partial charge in [-0.15, -0.1) is 0 Å². The molecular formula is C28H26N4O5. The summed E-state index contributed by atoms with van der Waals surface area (Å²) >= 11 is 0. The summed E-state index contributed by atoms with van der Waals surface area (Å²) in [6.07, 6.45) is 3.46. The van der Waals surface area contributed by atoms with E-state index in [0.717, 1.165) is 12.8 Å². The fourth-order valence-corrected chi connectivity index (χ4v) is 3.71. The van der Waals surface area contributed by atoms with Crippen molar-refractivity contribution >= 4 is 17.3 Å². The molecule has 1 aliphatic rings. The van der Waals surface area contributed by atoms with Crippen molar-refractivity contribution in [3.05, 3.63) is 94.9 Å². The first-order chi connectivity index (χ1) is 18.0. The minimum Gasteiger partial charge on any atom is -0.497 e. The summed E-state index contributed by atoms with van der Waals surface area (Å²) in [5.41, 5.74) is 1.34. The number of aromatic nitrogens is 2. The summed E-state index contributed by atoms with van der Waals surface area (Å²) in [6.45, 7) is 0. The van der Waals surface area contributed by atoms with Crippen LogP contribution in [0.2, 0.25) is 0 Å². The van der Waals surface area contributed by atoms with E-state index in [2.05, 4.69) is 15.7 Å². The van der Waals surface area contributed by atoms with Crippen LogP contribution in [0.1, 0.15) is 23.2 Å². The average molecular weight is 499 g/mol.